The minimum Gasteiger partial charge on any atom is -0.504 e. The maximum Gasteiger partial charge on any atom is 0.320 e. The second kappa shape index (κ2) is 3.97. The number of phenolic OH excluding ortho intramolecular Hbond substituents is 2. The van der Waals surface area contributed by atoms with Crippen LogP contribution in [0.1, 0.15) is 8.30 Å². The van der Waals surface area contributed by atoms with E-state index < -0.39 is 24.1 Å². The Balaban J connectivity index is 3.10. The van der Waals surface area contributed by atoms with E-state index in [-0.39, 0.29) is 11.3 Å². The lowest BCUT2D eigenvalue weighted by atomic mass is 10.1. The topological polar surface area (TPSA) is 104 Å². The molecule has 0 aliphatic carbocycles. The van der Waals surface area contributed by atoms with Gasteiger partial charge in [-0.2, -0.15) is 0 Å². The van der Waals surface area contributed by atoms with Gasteiger partial charge in [0.25, 0.3) is 0 Å². The zero-order valence-corrected chi connectivity index (χ0v) is 7.14. The predicted molar refractivity (Wildman–Crippen MR) is 49.1 cm³/mol. The first-order valence-corrected chi connectivity index (χ1v) is 3.73. The smallest absolute Gasteiger partial charge is 0.320 e. The van der Waals surface area contributed by atoms with Crippen molar-refractivity contribution in [3.63, 3.8) is 0 Å². The zero-order valence-electron chi connectivity index (χ0n) is 9.14. The van der Waals surface area contributed by atoms with Crippen molar-refractivity contribution in [1.82, 2.24) is 0 Å². The Morgan fingerprint density at radius 1 is 1.57 bits per heavy atom. The maximum absolute atomic E-state index is 10.6. The van der Waals surface area contributed by atoms with E-state index in [9.17, 15) is 9.90 Å². The van der Waals surface area contributed by atoms with Crippen LogP contribution in [-0.2, 0) is 11.2 Å². The van der Waals surface area contributed by atoms with Gasteiger partial charge in [0.1, 0.15) is 6.02 Å². The second-order valence-corrected chi connectivity index (χ2v) is 2.65. The van der Waals surface area contributed by atoms with Gasteiger partial charge in [0.15, 0.2) is 11.5 Å². The number of carboxylic acid groups (broad SMARTS) is 1. The highest BCUT2D eigenvalue weighted by atomic mass is 16.4. The summed E-state index contributed by atoms with van der Waals surface area (Å²) in [5, 5.41) is 26.9. The summed E-state index contributed by atoms with van der Waals surface area (Å²) >= 11 is 0. The summed E-state index contributed by atoms with van der Waals surface area (Å²) in [6.45, 7) is 0. The lowest BCUT2D eigenvalue weighted by Crippen LogP contribution is -2.32. The van der Waals surface area contributed by atoms with Gasteiger partial charge >= 0.3 is 5.97 Å². The fourth-order valence-corrected chi connectivity index (χ4v) is 0.872. The van der Waals surface area contributed by atoms with E-state index in [4.69, 9.17) is 18.7 Å². The molecule has 5 nitrogen and oxygen atoms in total. The minimum absolute atomic E-state index is 0.0372. The van der Waals surface area contributed by atoms with Crippen LogP contribution in [-0.4, -0.2) is 27.3 Å². The van der Waals surface area contributed by atoms with Gasteiger partial charge in [-0.3, -0.25) is 4.79 Å². The van der Waals surface area contributed by atoms with Crippen LogP contribution >= 0.6 is 0 Å². The minimum atomic E-state index is -2.51. The largest absolute Gasteiger partial charge is 0.504 e. The Hall–Kier alpha value is -1.75. The van der Waals surface area contributed by atoms with E-state index in [1.807, 2.05) is 0 Å². The summed E-state index contributed by atoms with van der Waals surface area (Å²) in [6.07, 6.45) is -1.57. The van der Waals surface area contributed by atoms with E-state index in [2.05, 4.69) is 0 Å². The molecule has 5 heteroatoms. The first-order valence-electron chi connectivity index (χ1n) is 4.81. The SMILES string of the molecule is [2H][C@@H](c1ccc(O)c(O)c1)[C@]([2H])(N)C(=O)O. The van der Waals surface area contributed by atoms with Gasteiger partial charge in [-0.15, -0.1) is 0 Å². The normalized spacial score (nSPS) is 18.9. The Bertz CT molecular complexity index is 422. The fourth-order valence-electron chi connectivity index (χ4n) is 0.872. The van der Waals surface area contributed by atoms with Gasteiger partial charge in [-0.1, -0.05) is 6.07 Å². The first-order chi connectivity index (χ1) is 7.26. The monoisotopic (exact) mass is 199 g/mol. The van der Waals surface area contributed by atoms with Crippen LogP contribution in [0, 0.1) is 0 Å². The molecule has 0 heterocycles. The van der Waals surface area contributed by atoms with Crippen molar-refractivity contribution < 1.29 is 22.9 Å². The molecule has 0 aliphatic rings. The number of aromatic hydroxyl groups is 2. The molecule has 5 N–H and O–H groups in total. The van der Waals surface area contributed by atoms with Crippen molar-refractivity contribution >= 4 is 5.97 Å². The molecule has 0 radical (unpaired) electrons. The van der Waals surface area contributed by atoms with Crippen molar-refractivity contribution in [2.45, 2.75) is 12.4 Å². The van der Waals surface area contributed by atoms with E-state index >= 15 is 0 Å². The molecule has 0 spiro atoms. The number of hydrogen-bond acceptors (Lipinski definition) is 4. The van der Waals surface area contributed by atoms with Crippen LogP contribution in [0.5, 0.6) is 11.5 Å². The number of phenols is 2. The summed E-state index contributed by atoms with van der Waals surface area (Å²) in [5.41, 5.74) is 5.20. The van der Waals surface area contributed by atoms with Gasteiger partial charge in [0, 0.05) is 1.37 Å². The van der Waals surface area contributed by atoms with Gasteiger partial charge in [-0.05, 0) is 24.1 Å². The summed E-state index contributed by atoms with van der Waals surface area (Å²) < 4.78 is 14.8. The molecule has 0 saturated carbocycles. The number of nitrogens with two attached hydrogens (primary N) is 1. The third kappa shape index (κ3) is 2.37. The van der Waals surface area contributed by atoms with Crippen molar-refractivity contribution in [1.29, 1.82) is 0 Å². The molecule has 14 heavy (non-hydrogen) atoms. The van der Waals surface area contributed by atoms with Crippen molar-refractivity contribution in [2.24, 2.45) is 5.73 Å². The average molecular weight is 199 g/mol. The molecule has 0 saturated heterocycles. The van der Waals surface area contributed by atoms with Crippen LogP contribution in [0.25, 0.3) is 0 Å². The molecule has 0 amide bonds. The third-order valence-electron chi connectivity index (χ3n) is 1.57. The number of rotatable bonds is 3. The van der Waals surface area contributed by atoms with Gasteiger partial charge in [-0.25, -0.2) is 0 Å². The second-order valence-electron chi connectivity index (χ2n) is 2.65. The third-order valence-corrected chi connectivity index (χ3v) is 1.57. The summed E-state index contributed by atoms with van der Waals surface area (Å²) in [6, 6.07) is 0.825. The summed E-state index contributed by atoms with van der Waals surface area (Å²) in [4.78, 5) is 10.6. The highest BCUT2D eigenvalue weighted by Crippen LogP contribution is 2.25. The molecule has 0 aromatic heterocycles. The Kier molecular flexibility index (Phi) is 2.17. The lowest BCUT2D eigenvalue weighted by molar-refractivity contribution is -0.138. The molecule has 1 rings (SSSR count). The van der Waals surface area contributed by atoms with Crippen LogP contribution in [0.3, 0.4) is 0 Å². The van der Waals surface area contributed by atoms with Gasteiger partial charge in [0.2, 0.25) is 0 Å². The van der Waals surface area contributed by atoms with E-state index in [1.165, 1.54) is 6.07 Å². The van der Waals surface area contributed by atoms with Crippen molar-refractivity contribution in [3.05, 3.63) is 23.8 Å². The van der Waals surface area contributed by atoms with Crippen molar-refractivity contribution in [3.8, 4) is 11.5 Å². The Morgan fingerprint density at radius 3 is 2.71 bits per heavy atom. The molecule has 0 unspecified atom stereocenters. The highest BCUT2D eigenvalue weighted by Gasteiger charge is 2.12. The molecular weight excluding hydrogens is 186 g/mol. The molecular formula is C9H11NO4. The lowest BCUT2D eigenvalue weighted by Gasteiger charge is -2.06. The van der Waals surface area contributed by atoms with Crippen LogP contribution in [0.2, 0.25) is 0 Å². The molecule has 0 bridgehead atoms. The number of benzene rings is 1. The average Bonchev–Trinajstić information content (AvgIpc) is 2.20. The van der Waals surface area contributed by atoms with E-state index in [1.54, 1.807) is 0 Å². The van der Waals surface area contributed by atoms with E-state index in [0.29, 0.717) is 0 Å². The highest BCUT2D eigenvalue weighted by molar-refractivity contribution is 5.73. The summed E-state index contributed by atoms with van der Waals surface area (Å²) in [5.74, 6) is -2.52. The van der Waals surface area contributed by atoms with Crippen molar-refractivity contribution in [2.75, 3.05) is 0 Å². The molecule has 0 aliphatic heterocycles. The molecule has 76 valence electrons. The fraction of sp³-hybridized carbons (Fsp3) is 0.222. The Morgan fingerprint density at radius 2 is 2.21 bits per heavy atom. The van der Waals surface area contributed by atoms with Gasteiger partial charge < -0.3 is 21.1 Å². The number of hydrogen-bond donors (Lipinski definition) is 4. The Labute approximate surface area is 83.2 Å². The molecule has 2 atom stereocenters. The maximum atomic E-state index is 10.6. The van der Waals surface area contributed by atoms with E-state index in [0.717, 1.165) is 12.1 Å². The van der Waals surface area contributed by atoms with Crippen LogP contribution in [0.15, 0.2) is 18.2 Å². The number of carboxylic acids is 1. The zero-order chi connectivity index (χ0) is 12.5. The standard InChI is InChI=1S/C9H11NO4/c10-6(9(13)14)3-5-1-2-7(11)8(12)4-5/h1-2,4,6,11-12H,3,10H2,(H,13,14)/t6-/m0/s1/i3D,6D/t3-,6-. The first kappa shape index (κ1) is 7.64. The molecule has 1 aromatic carbocycles. The number of aliphatic carboxylic acids is 1. The summed E-state index contributed by atoms with van der Waals surface area (Å²) in [7, 11) is 0. The van der Waals surface area contributed by atoms with Gasteiger partial charge in [0.05, 0.1) is 1.37 Å². The number of carbonyl (C=O) groups is 1. The molecule has 0 fully saturated rings. The van der Waals surface area contributed by atoms with Crippen LogP contribution < -0.4 is 5.73 Å². The predicted octanol–water partition coefficient (Wildman–Crippen LogP) is 0.0522. The molecule has 1 aromatic rings. The van der Waals surface area contributed by atoms with Crippen LogP contribution in [0.4, 0.5) is 0 Å². The quantitative estimate of drug-likeness (QED) is 0.515.